The number of phenols is 1. The summed E-state index contributed by atoms with van der Waals surface area (Å²) in [5.41, 5.74) is 0.737. The van der Waals surface area contributed by atoms with Gasteiger partial charge in [-0.25, -0.2) is 4.79 Å². The maximum Gasteiger partial charge on any atom is 0.316 e. The summed E-state index contributed by atoms with van der Waals surface area (Å²) >= 11 is 5.83. The molecule has 5 nitrogen and oxygen atoms in total. The molecule has 0 fully saturated rings. The fourth-order valence-corrected chi connectivity index (χ4v) is 1.53. The van der Waals surface area contributed by atoms with E-state index in [1.54, 1.807) is 32.3 Å². The summed E-state index contributed by atoms with van der Waals surface area (Å²) in [5.74, 6) is 0.212. The van der Waals surface area contributed by atoms with E-state index in [0.29, 0.717) is 24.7 Å². The van der Waals surface area contributed by atoms with E-state index < -0.39 is 0 Å². The van der Waals surface area contributed by atoms with E-state index in [4.69, 9.17) is 11.6 Å². The second-order valence-electron chi connectivity index (χ2n) is 4.08. The predicted molar refractivity (Wildman–Crippen MR) is 71.9 cm³/mol. The molecule has 0 saturated heterocycles. The maximum atomic E-state index is 11.2. The van der Waals surface area contributed by atoms with Crippen LogP contribution in [0.5, 0.6) is 5.75 Å². The fraction of sp³-hybridized carbons (Fsp3) is 0.417. The van der Waals surface area contributed by atoms with Crippen molar-refractivity contribution < 1.29 is 9.90 Å². The Bertz CT molecular complexity index is 410. The van der Waals surface area contributed by atoms with Crippen molar-refractivity contribution in [2.75, 3.05) is 27.2 Å². The van der Waals surface area contributed by atoms with E-state index in [0.717, 1.165) is 5.56 Å². The number of carbonyl (C=O) groups excluding carboxylic acids is 1. The van der Waals surface area contributed by atoms with Gasteiger partial charge in [-0.05, 0) is 18.2 Å². The Hall–Kier alpha value is -1.46. The first-order valence-electron chi connectivity index (χ1n) is 5.64. The van der Waals surface area contributed by atoms with Crippen LogP contribution < -0.4 is 10.6 Å². The van der Waals surface area contributed by atoms with Gasteiger partial charge in [-0.1, -0.05) is 11.6 Å². The number of phenolic OH excluding ortho intramolecular Hbond substituents is 1. The minimum absolute atomic E-state index is 0.123. The first-order valence-corrected chi connectivity index (χ1v) is 6.01. The molecular weight excluding hydrogens is 254 g/mol. The smallest absolute Gasteiger partial charge is 0.316 e. The van der Waals surface area contributed by atoms with Gasteiger partial charge in [0.1, 0.15) is 5.75 Å². The molecule has 0 aromatic heterocycles. The van der Waals surface area contributed by atoms with E-state index in [-0.39, 0.29) is 11.8 Å². The molecule has 2 amide bonds. The number of halogens is 1. The van der Waals surface area contributed by atoms with Crippen molar-refractivity contribution in [2.45, 2.75) is 6.54 Å². The number of hydrogen-bond acceptors (Lipinski definition) is 3. The molecule has 0 radical (unpaired) electrons. The molecule has 0 aliphatic heterocycles. The zero-order valence-corrected chi connectivity index (χ0v) is 11.3. The maximum absolute atomic E-state index is 11.2. The normalized spacial score (nSPS) is 10.2. The van der Waals surface area contributed by atoms with Gasteiger partial charge in [0.05, 0.1) is 0 Å². The van der Waals surface area contributed by atoms with Crippen LogP contribution in [-0.4, -0.2) is 43.2 Å². The minimum atomic E-state index is -0.123. The number of urea groups is 1. The van der Waals surface area contributed by atoms with E-state index in [2.05, 4.69) is 10.6 Å². The molecule has 1 aromatic carbocycles. The number of nitrogens with one attached hydrogen (secondary N) is 2. The first-order chi connectivity index (χ1) is 8.50. The number of hydrogen-bond donors (Lipinski definition) is 3. The van der Waals surface area contributed by atoms with Gasteiger partial charge in [-0.15, -0.1) is 0 Å². The Morgan fingerprint density at radius 1 is 1.39 bits per heavy atom. The van der Waals surface area contributed by atoms with E-state index >= 15 is 0 Å². The van der Waals surface area contributed by atoms with Crippen LogP contribution in [0.15, 0.2) is 18.2 Å². The zero-order valence-electron chi connectivity index (χ0n) is 10.5. The number of benzene rings is 1. The second-order valence-corrected chi connectivity index (χ2v) is 4.51. The molecule has 0 atom stereocenters. The number of nitrogens with zero attached hydrogens (tertiary/aromatic N) is 1. The van der Waals surface area contributed by atoms with Gasteiger partial charge in [0.25, 0.3) is 0 Å². The molecular formula is C12H18ClN3O2. The Morgan fingerprint density at radius 3 is 2.78 bits per heavy atom. The minimum Gasteiger partial charge on any atom is -0.508 e. The molecule has 0 saturated carbocycles. The lowest BCUT2D eigenvalue weighted by Crippen LogP contribution is -2.38. The lowest BCUT2D eigenvalue weighted by molar-refractivity contribution is 0.217. The molecule has 6 heteroatoms. The number of carbonyl (C=O) groups is 1. The van der Waals surface area contributed by atoms with Gasteiger partial charge in [-0.3, -0.25) is 0 Å². The van der Waals surface area contributed by atoms with Crippen molar-refractivity contribution in [3.63, 3.8) is 0 Å². The van der Waals surface area contributed by atoms with Crippen molar-refractivity contribution in [2.24, 2.45) is 0 Å². The largest absolute Gasteiger partial charge is 0.508 e. The number of rotatable bonds is 5. The fourth-order valence-electron chi connectivity index (χ4n) is 1.33. The van der Waals surface area contributed by atoms with Crippen LogP contribution in [0.2, 0.25) is 5.02 Å². The lowest BCUT2D eigenvalue weighted by atomic mass is 10.2. The average Bonchev–Trinajstić information content (AvgIpc) is 2.32. The Balaban J connectivity index is 2.26. The van der Waals surface area contributed by atoms with Crippen LogP contribution in [0.3, 0.4) is 0 Å². The number of aromatic hydroxyl groups is 1. The number of amides is 2. The Labute approximate surface area is 112 Å². The Kier molecular flexibility index (Phi) is 5.74. The molecule has 100 valence electrons. The third-order valence-electron chi connectivity index (χ3n) is 2.34. The van der Waals surface area contributed by atoms with Crippen molar-refractivity contribution in [3.05, 3.63) is 28.8 Å². The highest BCUT2D eigenvalue weighted by atomic mass is 35.5. The lowest BCUT2D eigenvalue weighted by Gasteiger charge is -2.12. The summed E-state index contributed by atoms with van der Waals surface area (Å²) in [6.45, 7) is 1.65. The van der Waals surface area contributed by atoms with Crippen LogP contribution in [-0.2, 0) is 6.54 Å². The topological polar surface area (TPSA) is 64.6 Å². The quantitative estimate of drug-likeness (QED) is 0.710. The first kappa shape index (κ1) is 14.6. The molecule has 3 N–H and O–H groups in total. The van der Waals surface area contributed by atoms with Crippen LogP contribution >= 0.6 is 11.6 Å². The summed E-state index contributed by atoms with van der Waals surface area (Å²) in [7, 11) is 3.37. The second kappa shape index (κ2) is 7.08. The SMILES string of the molecule is CN(C)C(=O)NCCNCc1cc(Cl)ccc1O. The van der Waals surface area contributed by atoms with Crippen LogP contribution in [0.1, 0.15) is 5.56 Å². The molecule has 0 unspecified atom stereocenters. The third-order valence-corrected chi connectivity index (χ3v) is 2.58. The summed E-state index contributed by atoms with van der Waals surface area (Å²) in [6.07, 6.45) is 0. The predicted octanol–water partition coefficient (Wildman–Crippen LogP) is 1.41. The van der Waals surface area contributed by atoms with Crippen molar-refractivity contribution in [1.82, 2.24) is 15.5 Å². The van der Waals surface area contributed by atoms with Crippen LogP contribution in [0, 0.1) is 0 Å². The van der Waals surface area contributed by atoms with Gasteiger partial charge < -0.3 is 20.6 Å². The Morgan fingerprint density at radius 2 is 2.11 bits per heavy atom. The van der Waals surface area contributed by atoms with Crippen LogP contribution in [0.4, 0.5) is 4.79 Å². The van der Waals surface area contributed by atoms with Gasteiger partial charge in [0.15, 0.2) is 0 Å². The standard InChI is InChI=1S/C12H18ClN3O2/c1-16(2)12(18)15-6-5-14-8-9-7-10(13)3-4-11(9)17/h3-4,7,14,17H,5-6,8H2,1-2H3,(H,15,18). The monoisotopic (exact) mass is 271 g/mol. The summed E-state index contributed by atoms with van der Waals surface area (Å²) in [5, 5.41) is 16.0. The van der Waals surface area contributed by atoms with E-state index in [1.807, 2.05) is 0 Å². The molecule has 0 bridgehead atoms. The highest BCUT2D eigenvalue weighted by Crippen LogP contribution is 2.20. The highest BCUT2D eigenvalue weighted by Gasteiger charge is 2.03. The average molecular weight is 272 g/mol. The summed E-state index contributed by atoms with van der Waals surface area (Å²) < 4.78 is 0. The molecule has 1 aromatic rings. The van der Waals surface area contributed by atoms with Gasteiger partial charge in [0, 0.05) is 44.3 Å². The van der Waals surface area contributed by atoms with Crippen molar-refractivity contribution in [1.29, 1.82) is 0 Å². The molecule has 0 spiro atoms. The highest BCUT2D eigenvalue weighted by molar-refractivity contribution is 6.30. The van der Waals surface area contributed by atoms with E-state index in [1.165, 1.54) is 4.90 Å². The molecule has 0 aliphatic carbocycles. The van der Waals surface area contributed by atoms with Crippen LogP contribution in [0.25, 0.3) is 0 Å². The zero-order chi connectivity index (χ0) is 13.5. The van der Waals surface area contributed by atoms with Gasteiger partial charge in [-0.2, -0.15) is 0 Å². The van der Waals surface area contributed by atoms with Crippen molar-refractivity contribution >= 4 is 17.6 Å². The third kappa shape index (κ3) is 4.81. The summed E-state index contributed by atoms with van der Waals surface area (Å²) in [6, 6.07) is 4.79. The van der Waals surface area contributed by atoms with Gasteiger partial charge >= 0.3 is 6.03 Å². The summed E-state index contributed by atoms with van der Waals surface area (Å²) in [4.78, 5) is 12.7. The molecule has 0 heterocycles. The van der Waals surface area contributed by atoms with Crippen molar-refractivity contribution in [3.8, 4) is 5.75 Å². The molecule has 0 aliphatic rings. The molecule has 1 rings (SSSR count). The van der Waals surface area contributed by atoms with Gasteiger partial charge in [0.2, 0.25) is 0 Å². The van der Waals surface area contributed by atoms with E-state index in [9.17, 15) is 9.90 Å². The molecule has 18 heavy (non-hydrogen) atoms.